The first-order valence-corrected chi connectivity index (χ1v) is 6.99. The van der Waals surface area contributed by atoms with Crippen LogP contribution in [0.1, 0.15) is 10.4 Å². The van der Waals surface area contributed by atoms with Crippen molar-refractivity contribution < 1.29 is 26.7 Å². The van der Waals surface area contributed by atoms with E-state index in [2.05, 4.69) is 0 Å². The zero-order chi connectivity index (χ0) is 15.5. The van der Waals surface area contributed by atoms with Crippen molar-refractivity contribution in [3.8, 4) is 0 Å². The summed E-state index contributed by atoms with van der Waals surface area (Å²) in [5.74, 6) is -3.31. The van der Waals surface area contributed by atoms with Gasteiger partial charge in [-0.05, 0) is 6.07 Å². The molecule has 0 aliphatic carbocycles. The van der Waals surface area contributed by atoms with Crippen molar-refractivity contribution in [1.82, 2.24) is 4.90 Å². The molecule has 0 aromatic heterocycles. The minimum atomic E-state index is -4.39. The van der Waals surface area contributed by atoms with Gasteiger partial charge in [-0.2, -0.15) is 0 Å². The van der Waals surface area contributed by atoms with E-state index in [0.29, 0.717) is 12.1 Å². The molecule has 1 amide bonds. The fraction of sp³-hybridized carbons (Fsp3) is 0.364. The normalized spacial score (nSPS) is 11.4. The third-order valence-electron chi connectivity index (χ3n) is 2.54. The molecule has 9 heteroatoms. The minimum Gasteiger partial charge on any atom is -0.383 e. The number of methoxy groups -OCH3 is 1. The Balaban J connectivity index is 3.22. The Hall–Kier alpha value is -1.58. The first-order chi connectivity index (χ1) is 9.18. The van der Waals surface area contributed by atoms with Gasteiger partial charge < -0.3 is 9.64 Å². The zero-order valence-electron chi connectivity index (χ0n) is 10.9. The predicted molar refractivity (Wildman–Crippen MR) is 66.6 cm³/mol. The fourth-order valence-corrected chi connectivity index (χ4v) is 2.06. The minimum absolute atomic E-state index is 0.164. The molecular weight excluding hydrogens is 294 g/mol. The number of sulfonamides is 1. The van der Waals surface area contributed by atoms with E-state index in [1.165, 1.54) is 14.2 Å². The van der Waals surface area contributed by atoms with Crippen LogP contribution in [0.5, 0.6) is 0 Å². The van der Waals surface area contributed by atoms with Crippen LogP contribution in [0.25, 0.3) is 0 Å². The van der Waals surface area contributed by atoms with E-state index in [4.69, 9.17) is 9.88 Å². The van der Waals surface area contributed by atoms with Gasteiger partial charge in [0.15, 0.2) is 0 Å². The average molecular weight is 308 g/mol. The molecule has 112 valence electrons. The van der Waals surface area contributed by atoms with E-state index in [9.17, 15) is 22.0 Å². The highest BCUT2D eigenvalue weighted by molar-refractivity contribution is 7.89. The number of hydrogen-bond acceptors (Lipinski definition) is 4. The number of primary sulfonamides is 1. The second kappa shape index (κ2) is 6.25. The molecule has 1 aromatic rings. The summed E-state index contributed by atoms with van der Waals surface area (Å²) in [6, 6.07) is 0.906. The number of hydrogen-bond donors (Lipinski definition) is 1. The number of rotatable bonds is 5. The zero-order valence-corrected chi connectivity index (χ0v) is 11.7. The molecule has 0 bridgehead atoms. The molecule has 0 heterocycles. The summed E-state index contributed by atoms with van der Waals surface area (Å²) in [4.78, 5) is 12.1. The van der Waals surface area contributed by atoms with Crippen LogP contribution in [0.4, 0.5) is 8.78 Å². The van der Waals surface area contributed by atoms with Crippen LogP contribution in [0, 0.1) is 11.6 Å². The van der Waals surface area contributed by atoms with Crippen LogP contribution in [0.3, 0.4) is 0 Å². The Bertz CT molecular complexity index is 619. The highest BCUT2D eigenvalue weighted by atomic mass is 32.2. The van der Waals surface area contributed by atoms with Crippen molar-refractivity contribution in [2.24, 2.45) is 5.14 Å². The van der Waals surface area contributed by atoms with Crippen LogP contribution in [-0.2, 0) is 14.8 Å². The van der Waals surface area contributed by atoms with Crippen molar-refractivity contribution in [1.29, 1.82) is 0 Å². The van der Waals surface area contributed by atoms with E-state index in [0.717, 1.165) is 4.90 Å². The lowest BCUT2D eigenvalue weighted by atomic mass is 10.2. The third kappa shape index (κ3) is 3.71. The van der Waals surface area contributed by atoms with Crippen LogP contribution in [0.2, 0.25) is 0 Å². The fourth-order valence-electron chi connectivity index (χ4n) is 1.45. The van der Waals surface area contributed by atoms with Gasteiger partial charge in [-0.15, -0.1) is 0 Å². The molecule has 2 N–H and O–H groups in total. The second-order valence-corrected chi connectivity index (χ2v) is 5.56. The maximum atomic E-state index is 13.6. The van der Waals surface area contributed by atoms with Gasteiger partial charge in [-0.25, -0.2) is 22.3 Å². The number of nitrogens with zero attached hydrogens (tertiary/aromatic N) is 1. The average Bonchev–Trinajstić information content (AvgIpc) is 2.33. The molecule has 1 aromatic carbocycles. The molecule has 0 radical (unpaired) electrons. The summed E-state index contributed by atoms with van der Waals surface area (Å²) in [7, 11) is -1.58. The van der Waals surface area contributed by atoms with E-state index in [-0.39, 0.29) is 13.2 Å². The molecular formula is C11H14F2N2O4S. The Labute approximate surface area is 115 Å². The highest BCUT2D eigenvalue weighted by Gasteiger charge is 2.23. The molecule has 0 spiro atoms. The molecule has 6 nitrogen and oxygen atoms in total. The van der Waals surface area contributed by atoms with Gasteiger partial charge in [0.1, 0.15) is 16.5 Å². The van der Waals surface area contributed by atoms with Crippen LogP contribution in [0.15, 0.2) is 17.0 Å². The number of amides is 1. The summed E-state index contributed by atoms with van der Waals surface area (Å²) in [6.07, 6.45) is 0. The first-order valence-electron chi connectivity index (χ1n) is 5.44. The first kappa shape index (κ1) is 16.5. The van der Waals surface area contributed by atoms with Crippen molar-refractivity contribution >= 4 is 15.9 Å². The molecule has 0 unspecified atom stereocenters. The lowest BCUT2D eigenvalue weighted by Gasteiger charge is -2.17. The monoisotopic (exact) mass is 308 g/mol. The number of carbonyl (C=O) groups is 1. The Kier molecular flexibility index (Phi) is 5.15. The van der Waals surface area contributed by atoms with Crippen molar-refractivity contribution in [2.75, 3.05) is 27.3 Å². The number of likely N-dealkylation sites (N-methyl/N-ethyl adjacent to an activating group) is 1. The largest absolute Gasteiger partial charge is 0.383 e. The van der Waals surface area contributed by atoms with Gasteiger partial charge >= 0.3 is 0 Å². The molecule has 1 rings (SSSR count). The van der Waals surface area contributed by atoms with Crippen LogP contribution in [-0.4, -0.2) is 46.5 Å². The number of benzene rings is 1. The molecule has 20 heavy (non-hydrogen) atoms. The van der Waals surface area contributed by atoms with Crippen LogP contribution >= 0.6 is 0 Å². The summed E-state index contributed by atoms with van der Waals surface area (Å²) in [5.41, 5.74) is -0.575. The molecule has 0 atom stereocenters. The van der Waals surface area contributed by atoms with Gasteiger partial charge in [0, 0.05) is 26.8 Å². The topological polar surface area (TPSA) is 89.7 Å². The number of ether oxygens (including phenoxy) is 1. The summed E-state index contributed by atoms with van der Waals surface area (Å²) in [5, 5.41) is 4.80. The summed E-state index contributed by atoms with van der Waals surface area (Å²) >= 11 is 0. The molecule has 0 fully saturated rings. The van der Waals surface area contributed by atoms with Gasteiger partial charge in [0.05, 0.1) is 12.2 Å². The predicted octanol–water partition coefficient (Wildman–Crippen LogP) is 0.331. The molecule has 0 saturated carbocycles. The van der Waals surface area contributed by atoms with Gasteiger partial charge in [-0.1, -0.05) is 0 Å². The van der Waals surface area contributed by atoms with Crippen molar-refractivity contribution in [2.45, 2.75) is 4.90 Å². The lowest BCUT2D eigenvalue weighted by Crippen LogP contribution is -2.31. The summed E-state index contributed by atoms with van der Waals surface area (Å²) in [6.45, 7) is 0.379. The van der Waals surface area contributed by atoms with Crippen molar-refractivity contribution in [3.63, 3.8) is 0 Å². The number of halogens is 2. The van der Waals surface area contributed by atoms with Crippen LogP contribution < -0.4 is 5.14 Å². The Morgan fingerprint density at radius 3 is 2.45 bits per heavy atom. The standard InChI is InChI=1S/C11H14F2N2O4S/c1-15(3-4-19-2)11(16)7-5-10(20(14,17)18)9(13)6-8(7)12/h5-6H,3-4H2,1-2H3,(H2,14,17,18). The Morgan fingerprint density at radius 1 is 1.35 bits per heavy atom. The highest BCUT2D eigenvalue weighted by Crippen LogP contribution is 2.19. The SMILES string of the molecule is COCCN(C)C(=O)c1cc(S(N)(=O)=O)c(F)cc1F. The molecule has 0 saturated heterocycles. The molecule has 0 aliphatic heterocycles. The van der Waals surface area contributed by atoms with Gasteiger partial charge in [-0.3, -0.25) is 4.79 Å². The van der Waals surface area contributed by atoms with E-state index in [1.807, 2.05) is 0 Å². The van der Waals surface area contributed by atoms with Gasteiger partial charge in [0.25, 0.3) is 5.91 Å². The second-order valence-electron chi connectivity index (χ2n) is 4.03. The number of nitrogens with two attached hydrogens (primary N) is 1. The Morgan fingerprint density at radius 2 is 1.95 bits per heavy atom. The van der Waals surface area contributed by atoms with E-state index >= 15 is 0 Å². The molecule has 0 aliphatic rings. The van der Waals surface area contributed by atoms with E-state index < -0.39 is 38.0 Å². The summed E-state index contributed by atoms with van der Waals surface area (Å²) < 4.78 is 54.0. The lowest BCUT2D eigenvalue weighted by molar-refractivity contribution is 0.0739. The maximum absolute atomic E-state index is 13.6. The van der Waals surface area contributed by atoms with Gasteiger partial charge in [0.2, 0.25) is 10.0 Å². The quantitative estimate of drug-likeness (QED) is 0.849. The van der Waals surface area contributed by atoms with E-state index in [1.54, 1.807) is 0 Å². The maximum Gasteiger partial charge on any atom is 0.256 e. The smallest absolute Gasteiger partial charge is 0.256 e. The third-order valence-corrected chi connectivity index (χ3v) is 3.46. The van der Waals surface area contributed by atoms with Crippen molar-refractivity contribution in [3.05, 3.63) is 29.3 Å². The number of carbonyl (C=O) groups excluding carboxylic acids is 1.